The summed E-state index contributed by atoms with van der Waals surface area (Å²) >= 11 is 0. The summed E-state index contributed by atoms with van der Waals surface area (Å²) in [5.74, 6) is 0.187. The molecule has 0 radical (unpaired) electrons. The predicted octanol–water partition coefficient (Wildman–Crippen LogP) is 2.28. The lowest BCUT2D eigenvalue weighted by atomic mass is 9.95. The van der Waals surface area contributed by atoms with Gasteiger partial charge in [0.2, 0.25) is 0 Å². The summed E-state index contributed by atoms with van der Waals surface area (Å²) in [5.41, 5.74) is 2.51. The molecule has 0 N–H and O–H groups in total. The maximum absolute atomic E-state index is 11.0. The molecule has 0 aromatic heterocycles. The van der Waals surface area contributed by atoms with Gasteiger partial charge in [-0.2, -0.15) is 0 Å². The Labute approximate surface area is 83.9 Å². The summed E-state index contributed by atoms with van der Waals surface area (Å²) in [6, 6.07) is 8.21. The number of fused-ring (bicyclic) bond motifs is 1. The fraction of sp³-hybridized carbons (Fsp3) is 0.417. The molecule has 1 atom stereocenters. The zero-order valence-corrected chi connectivity index (χ0v) is 8.32. The van der Waals surface area contributed by atoms with Crippen LogP contribution in [0.15, 0.2) is 24.3 Å². The van der Waals surface area contributed by atoms with E-state index in [-0.39, 0.29) is 11.9 Å². The van der Waals surface area contributed by atoms with Crippen molar-refractivity contribution in [1.82, 2.24) is 0 Å². The molecule has 1 aromatic rings. The van der Waals surface area contributed by atoms with Gasteiger partial charge >= 0.3 is 0 Å². The number of carbonyl (C=O) groups is 1. The first-order valence-electron chi connectivity index (χ1n) is 4.96. The molecule has 0 spiro atoms. The van der Waals surface area contributed by atoms with Crippen LogP contribution in [0.1, 0.15) is 30.6 Å². The lowest BCUT2D eigenvalue weighted by molar-refractivity contribution is -0.120. The smallest absolute Gasteiger partial charge is 0.132 e. The van der Waals surface area contributed by atoms with Gasteiger partial charge in [0.15, 0.2) is 0 Å². The molecule has 74 valence electrons. The van der Waals surface area contributed by atoms with Crippen LogP contribution in [-0.4, -0.2) is 12.4 Å². The standard InChI is InChI=1S/C12H14O2/c1-9(13)8-12-11-5-3-2-4-10(11)6-7-14-12/h2-5,12H,6-8H2,1H3. The van der Waals surface area contributed by atoms with Crippen molar-refractivity contribution in [3.63, 3.8) is 0 Å². The topological polar surface area (TPSA) is 26.3 Å². The zero-order valence-electron chi connectivity index (χ0n) is 8.32. The first kappa shape index (κ1) is 9.41. The van der Waals surface area contributed by atoms with E-state index in [2.05, 4.69) is 12.1 Å². The first-order chi connectivity index (χ1) is 6.77. The molecule has 1 aliphatic rings. The van der Waals surface area contributed by atoms with Gasteiger partial charge in [-0.25, -0.2) is 0 Å². The Bertz CT molecular complexity index is 344. The molecule has 1 aromatic carbocycles. The fourth-order valence-corrected chi connectivity index (χ4v) is 1.91. The molecule has 0 aliphatic carbocycles. The van der Waals surface area contributed by atoms with Crippen molar-refractivity contribution in [3.05, 3.63) is 35.4 Å². The molecular weight excluding hydrogens is 176 g/mol. The van der Waals surface area contributed by atoms with E-state index in [1.165, 1.54) is 11.1 Å². The second-order valence-electron chi connectivity index (χ2n) is 3.71. The largest absolute Gasteiger partial charge is 0.373 e. The van der Waals surface area contributed by atoms with Gasteiger partial charge in [0.1, 0.15) is 5.78 Å². The van der Waals surface area contributed by atoms with Crippen LogP contribution in [0.25, 0.3) is 0 Å². The van der Waals surface area contributed by atoms with Gasteiger partial charge in [0.05, 0.1) is 12.7 Å². The Hall–Kier alpha value is -1.15. The van der Waals surface area contributed by atoms with Crippen molar-refractivity contribution in [3.8, 4) is 0 Å². The number of benzene rings is 1. The first-order valence-corrected chi connectivity index (χ1v) is 4.96. The van der Waals surface area contributed by atoms with E-state index in [4.69, 9.17) is 4.74 Å². The van der Waals surface area contributed by atoms with E-state index in [0.717, 1.165) is 13.0 Å². The molecule has 14 heavy (non-hydrogen) atoms. The minimum atomic E-state index is -0.0163. The molecule has 0 fully saturated rings. The number of carbonyl (C=O) groups excluding carboxylic acids is 1. The molecule has 0 saturated heterocycles. The second-order valence-corrected chi connectivity index (χ2v) is 3.71. The molecule has 0 amide bonds. The summed E-state index contributed by atoms with van der Waals surface area (Å²) in [6.07, 6.45) is 1.44. The molecule has 2 heteroatoms. The van der Waals surface area contributed by atoms with E-state index in [1.54, 1.807) is 6.92 Å². The van der Waals surface area contributed by atoms with Crippen LogP contribution in [0.4, 0.5) is 0 Å². The Kier molecular flexibility index (Phi) is 2.64. The van der Waals surface area contributed by atoms with Gasteiger partial charge in [0.25, 0.3) is 0 Å². The highest BCUT2D eigenvalue weighted by Gasteiger charge is 2.21. The van der Waals surface area contributed by atoms with Crippen LogP contribution in [0.2, 0.25) is 0 Å². The fourth-order valence-electron chi connectivity index (χ4n) is 1.91. The molecule has 2 rings (SSSR count). The normalized spacial score (nSPS) is 20.2. The summed E-state index contributed by atoms with van der Waals surface area (Å²) in [6.45, 7) is 2.34. The summed E-state index contributed by atoms with van der Waals surface area (Å²) < 4.78 is 5.59. The van der Waals surface area contributed by atoms with Gasteiger partial charge in [-0.3, -0.25) is 4.79 Å². The molecule has 2 nitrogen and oxygen atoms in total. The minimum Gasteiger partial charge on any atom is -0.373 e. The molecule has 1 heterocycles. The van der Waals surface area contributed by atoms with E-state index >= 15 is 0 Å². The highest BCUT2D eigenvalue weighted by Crippen LogP contribution is 2.29. The average Bonchev–Trinajstić information content (AvgIpc) is 2.18. The Morgan fingerprint density at radius 2 is 2.29 bits per heavy atom. The maximum atomic E-state index is 11.0. The van der Waals surface area contributed by atoms with Gasteiger partial charge in [-0.1, -0.05) is 24.3 Å². The number of ether oxygens (including phenoxy) is 1. The third-order valence-corrected chi connectivity index (χ3v) is 2.57. The average molecular weight is 190 g/mol. The number of ketones is 1. The number of hydrogen-bond donors (Lipinski definition) is 0. The highest BCUT2D eigenvalue weighted by molar-refractivity contribution is 5.76. The van der Waals surface area contributed by atoms with Gasteiger partial charge in [0, 0.05) is 6.42 Å². The van der Waals surface area contributed by atoms with Crippen molar-refractivity contribution < 1.29 is 9.53 Å². The van der Waals surface area contributed by atoms with Crippen LogP contribution < -0.4 is 0 Å². The Morgan fingerprint density at radius 1 is 1.50 bits per heavy atom. The monoisotopic (exact) mass is 190 g/mol. The number of rotatable bonds is 2. The molecule has 1 unspecified atom stereocenters. The van der Waals surface area contributed by atoms with Gasteiger partial charge in [-0.05, 0) is 24.5 Å². The second kappa shape index (κ2) is 3.93. The summed E-state index contributed by atoms with van der Waals surface area (Å²) in [4.78, 5) is 11.0. The van der Waals surface area contributed by atoms with Crippen LogP contribution in [0.5, 0.6) is 0 Å². The molecule has 1 aliphatic heterocycles. The van der Waals surface area contributed by atoms with E-state index in [0.29, 0.717) is 6.42 Å². The lowest BCUT2D eigenvalue weighted by Gasteiger charge is -2.25. The number of Topliss-reactive ketones (excluding diaryl/α,β-unsaturated/α-hetero) is 1. The van der Waals surface area contributed by atoms with E-state index < -0.39 is 0 Å². The van der Waals surface area contributed by atoms with Crippen LogP contribution >= 0.6 is 0 Å². The predicted molar refractivity (Wildman–Crippen MR) is 54.1 cm³/mol. The van der Waals surface area contributed by atoms with Crippen LogP contribution in [-0.2, 0) is 16.0 Å². The van der Waals surface area contributed by atoms with Crippen molar-refractivity contribution in [1.29, 1.82) is 0 Å². The lowest BCUT2D eigenvalue weighted by Crippen LogP contribution is -2.18. The molecule has 0 saturated carbocycles. The molecule has 0 bridgehead atoms. The van der Waals surface area contributed by atoms with Crippen molar-refractivity contribution >= 4 is 5.78 Å². The molecular formula is C12H14O2. The van der Waals surface area contributed by atoms with Crippen LogP contribution in [0, 0.1) is 0 Å². The number of hydrogen-bond acceptors (Lipinski definition) is 2. The third-order valence-electron chi connectivity index (χ3n) is 2.57. The Morgan fingerprint density at radius 3 is 3.07 bits per heavy atom. The summed E-state index contributed by atoms with van der Waals surface area (Å²) in [7, 11) is 0. The minimum absolute atomic E-state index is 0.0163. The van der Waals surface area contributed by atoms with Gasteiger partial charge < -0.3 is 4.74 Å². The highest BCUT2D eigenvalue weighted by atomic mass is 16.5. The van der Waals surface area contributed by atoms with Crippen LogP contribution in [0.3, 0.4) is 0 Å². The van der Waals surface area contributed by atoms with E-state index in [1.807, 2.05) is 12.1 Å². The summed E-state index contributed by atoms with van der Waals surface area (Å²) in [5, 5.41) is 0. The third kappa shape index (κ3) is 1.85. The van der Waals surface area contributed by atoms with Gasteiger partial charge in [-0.15, -0.1) is 0 Å². The van der Waals surface area contributed by atoms with E-state index in [9.17, 15) is 4.79 Å². The maximum Gasteiger partial charge on any atom is 0.132 e. The van der Waals surface area contributed by atoms with Crippen molar-refractivity contribution in [2.45, 2.75) is 25.9 Å². The van der Waals surface area contributed by atoms with Crippen molar-refractivity contribution in [2.24, 2.45) is 0 Å². The Balaban J connectivity index is 2.26. The SMILES string of the molecule is CC(=O)CC1OCCc2ccccc21. The quantitative estimate of drug-likeness (QED) is 0.715. The van der Waals surface area contributed by atoms with Crippen molar-refractivity contribution in [2.75, 3.05) is 6.61 Å². The zero-order chi connectivity index (χ0) is 9.97.